The van der Waals surface area contributed by atoms with Gasteiger partial charge in [0, 0.05) is 0 Å². The van der Waals surface area contributed by atoms with E-state index in [0.29, 0.717) is 4.59 Å². The summed E-state index contributed by atoms with van der Waals surface area (Å²) in [5.41, 5.74) is 1.14. The number of nitrogens with zero attached hydrogens (tertiary/aromatic N) is 2. The third-order valence-electron chi connectivity index (χ3n) is 4.14. The Labute approximate surface area is 121 Å². The molecule has 1 aliphatic rings. The molecule has 4 heteroatoms. The first-order chi connectivity index (χ1) is 9.04. The number of likely N-dealkylation sites (tertiary alicyclic amines) is 1. The lowest BCUT2D eigenvalue weighted by molar-refractivity contribution is -1.01. The van der Waals surface area contributed by atoms with Crippen LogP contribution >= 0.6 is 0 Å². The second kappa shape index (κ2) is 5.88. The van der Waals surface area contributed by atoms with E-state index in [1.54, 1.807) is 0 Å². The van der Waals surface area contributed by atoms with Crippen molar-refractivity contribution in [2.24, 2.45) is 0 Å². The van der Waals surface area contributed by atoms with Gasteiger partial charge < -0.3 is 12.6 Å². The topological polar surface area (TPSA) is 20.3 Å². The molecule has 3 nitrogen and oxygen atoms in total. The van der Waals surface area contributed by atoms with E-state index in [1.807, 2.05) is 23.2 Å². The molecule has 19 heavy (non-hydrogen) atoms. The summed E-state index contributed by atoms with van der Waals surface area (Å²) in [6.07, 6.45) is 3.58. The van der Waals surface area contributed by atoms with Crippen LogP contribution in [0.3, 0.4) is 0 Å². The maximum atomic E-state index is 12.0. The Balaban J connectivity index is 2.27. The van der Waals surface area contributed by atoms with Crippen LogP contribution in [0, 0.1) is 0 Å². The van der Waals surface area contributed by atoms with Crippen LogP contribution in [0.25, 0.3) is 0 Å². The average Bonchev–Trinajstić information content (AvgIpc) is 2.40. The minimum Gasteiger partial charge on any atom is -0.714 e. The fraction of sp³-hybridized carbons (Fsp3) is 0.533. The van der Waals surface area contributed by atoms with Gasteiger partial charge in [0.05, 0.1) is 7.05 Å². The van der Waals surface area contributed by atoms with Crippen LogP contribution in [0.5, 0.6) is 0 Å². The summed E-state index contributed by atoms with van der Waals surface area (Å²) in [5.74, 6) is 0. The molecule has 104 valence electrons. The molecule has 1 aliphatic heterocycles. The number of hydrogen-bond donors (Lipinski definition) is 0. The number of hydrogen-bond acceptors (Lipinski definition) is 2. The highest BCUT2D eigenvalue weighted by Crippen LogP contribution is 2.29. The van der Waals surface area contributed by atoms with Crippen LogP contribution in [0.1, 0.15) is 37.8 Å². The van der Waals surface area contributed by atoms with E-state index in [4.69, 9.17) is 12.6 Å². The maximum absolute atomic E-state index is 12.0. The third kappa shape index (κ3) is 3.07. The molecule has 1 fully saturated rings. The van der Waals surface area contributed by atoms with Gasteiger partial charge in [-0.2, -0.15) is 0 Å². The lowest BCUT2D eigenvalue weighted by atomic mass is 10.1. The molecule has 0 spiro atoms. The first-order valence-corrected chi connectivity index (χ1v) is 7.35. The van der Waals surface area contributed by atoms with Gasteiger partial charge in [0.1, 0.15) is 19.1 Å². The molecule has 1 heterocycles. The number of piperidine rings is 1. The highest BCUT2D eigenvalue weighted by atomic mass is 32.1. The standard InChI is InChI=1S/C15H22N2OS/c1-13(14-9-5-3-6-10-14)16(15(18)19)17(2)11-7-4-8-12-17/h3,5-6,9-10,13H,4,7-8,11-12H2,1-2H3/t13-/m0/s1. The van der Waals surface area contributed by atoms with Crippen molar-refractivity contribution in [2.45, 2.75) is 32.2 Å². The molecule has 1 amide bonds. The minimum absolute atomic E-state index is 0.0225. The van der Waals surface area contributed by atoms with E-state index >= 15 is 0 Å². The van der Waals surface area contributed by atoms with E-state index in [2.05, 4.69) is 26.1 Å². The lowest BCUT2D eigenvalue weighted by Crippen LogP contribution is -2.61. The number of carbonyl (C=O) groups excluding carboxylic acids is 1. The van der Waals surface area contributed by atoms with Gasteiger partial charge in [-0.05, 0) is 31.7 Å². The summed E-state index contributed by atoms with van der Waals surface area (Å²) >= 11 is 5.00. The molecule has 1 aromatic carbocycles. The van der Waals surface area contributed by atoms with E-state index < -0.39 is 0 Å². The largest absolute Gasteiger partial charge is 0.714 e. The molecule has 0 aromatic heterocycles. The maximum Gasteiger partial charge on any atom is 0.151 e. The summed E-state index contributed by atoms with van der Waals surface area (Å²) in [7, 11) is 2.13. The third-order valence-corrected chi connectivity index (χ3v) is 4.32. The SMILES string of the molecule is C[C@@H](c1ccccc1)N(C(=O)[S-])[N+]1(C)CCCCC1. The van der Waals surface area contributed by atoms with Crippen molar-refractivity contribution in [3.8, 4) is 0 Å². The highest BCUT2D eigenvalue weighted by molar-refractivity contribution is 7.76. The molecular formula is C15H22N2OS. The zero-order chi connectivity index (χ0) is 13.9. The van der Waals surface area contributed by atoms with E-state index in [9.17, 15) is 4.79 Å². The Morgan fingerprint density at radius 2 is 1.79 bits per heavy atom. The predicted octanol–water partition coefficient (Wildman–Crippen LogP) is 3.26. The highest BCUT2D eigenvalue weighted by Gasteiger charge is 2.36. The van der Waals surface area contributed by atoms with Gasteiger partial charge in [0.25, 0.3) is 0 Å². The smallest absolute Gasteiger partial charge is 0.151 e. The zero-order valence-electron chi connectivity index (χ0n) is 11.7. The fourth-order valence-corrected chi connectivity index (χ4v) is 3.41. The Bertz CT molecular complexity index is 429. The number of benzene rings is 1. The lowest BCUT2D eigenvalue weighted by Gasteiger charge is -2.49. The summed E-state index contributed by atoms with van der Waals surface area (Å²) in [5, 5.41) is 1.62. The summed E-state index contributed by atoms with van der Waals surface area (Å²) in [4.78, 5) is 12.0. The van der Waals surface area contributed by atoms with Crippen LogP contribution in [0.2, 0.25) is 0 Å². The Morgan fingerprint density at radius 1 is 1.21 bits per heavy atom. The quantitative estimate of drug-likeness (QED) is 0.625. The second-order valence-corrected chi connectivity index (χ2v) is 5.89. The molecule has 0 bridgehead atoms. The normalized spacial score (nSPS) is 19.7. The predicted molar refractivity (Wildman–Crippen MR) is 79.2 cm³/mol. The molecule has 2 rings (SSSR count). The van der Waals surface area contributed by atoms with Gasteiger partial charge in [-0.15, -0.1) is 0 Å². The minimum atomic E-state index is -0.249. The first-order valence-electron chi connectivity index (χ1n) is 6.95. The number of rotatable bonds is 3. The van der Waals surface area contributed by atoms with Crippen molar-refractivity contribution in [2.75, 3.05) is 20.1 Å². The van der Waals surface area contributed by atoms with Crippen LogP contribution in [0.15, 0.2) is 30.3 Å². The molecule has 1 aromatic rings. The molecule has 1 atom stereocenters. The van der Waals surface area contributed by atoms with Gasteiger partial charge in [0.2, 0.25) is 0 Å². The Hall–Kier alpha value is -1.13. The van der Waals surface area contributed by atoms with Gasteiger partial charge in [0.15, 0.2) is 5.24 Å². The summed E-state index contributed by atoms with van der Waals surface area (Å²) < 4.78 is 0.651. The average molecular weight is 278 g/mol. The second-order valence-electron chi connectivity index (χ2n) is 5.54. The van der Waals surface area contributed by atoms with E-state index in [1.165, 1.54) is 6.42 Å². The van der Waals surface area contributed by atoms with E-state index in [-0.39, 0.29) is 11.3 Å². The Morgan fingerprint density at radius 3 is 2.32 bits per heavy atom. The summed E-state index contributed by atoms with van der Waals surface area (Å²) in [6, 6.07) is 10.2. The number of carbonyl (C=O) groups is 1. The van der Waals surface area contributed by atoms with Gasteiger partial charge >= 0.3 is 0 Å². The van der Waals surface area contributed by atoms with Crippen LogP contribution in [0.4, 0.5) is 4.79 Å². The van der Waals surface area contributed by atoms with Crippen molar-refractivity contribution >= 4 is 17.9 Å². The van der Waals surface area contributed by atoms with Crippen LogP contribution in [-0.4, -0.2) is 35.0 Å². The van der Waals surface area contributed by atoms with Gasteiger partial charge in [-0.3, -0.25) is 4.79 Å². The number of amides is 1. The Kier molecular flexibility index (Phi) is 4.42. The van der Waals surface area contributed by atoms with Crippen molar-refractivity contribution in [1.29, 1.82) is 0 Å². The monoisotopic (exact) mass is 278 g/mol. The van der Waals surface area contributed by atoms with Crippen molar-refractivity contribution in [3.05, 3.63) is 35.9 Å². The van der Waals surface area contributed by atoms with Gasteiger partial charge in [-0.25, -0.2) is 9.60 Å². The van der Waals surface area contributed by atoms with Crippen LogP contribution < -0.4 is 0 Å². The first kappa shape index (κ1) is 14.3. The molecule has 0 N–H and O–H groups in total. The molecule has 1 saturated heterocycles. The van der Waals surface area contributed by atoms with Crippen molar-refractivity contribution < 1.29 is 9.39 Å². The molecule has 0 unspecified atom stereocenters. The summed E-state index contributed by atoms with van der Waals surface area (Å²) in [6.45, 7) is 4.07. The van der Waals surface area contributed by atoms with Crippen molar-refractivity contribution in [1.82, 2.24) is 5.01 Å². The van der Waals surface area contributed by atoms with Crippen LogP contribution in [-0.2, 0) is 12.6 Å². The van der Waals surface area contributed by atoms with Crippen molar-refractivity contribution in [3.63, 3.8) is 0 Å². The number of quaternary nitrogens is 1. The molecule has 0 aliphatic carbocycles. The fourth-order valence-electron chi connectivity index (χ4n) is 3.06. The molecular weight excluding hydrogens is 256 g/mol. The van der Waals surface area contributed by atoms with E-state index in [0.717, 1.165) is 31.5 Å². The zero-order valence-corrected chi connectivity index (χ0v) is 12.5. The molecule has 0 radical (unpaired) electrons. The van der Waals surface area contributed by atoms with Gasteiger partial charge in [-0.1, -0.05) is 30.3 Å². The molecule has 0 saturated carbocycles.